The molecule has 0 saturated carbocycles. The molecule has 0 aliphatic carbocycles. The number of para-hydroxylation sites is 4. The lowest BCUT2D eigenvalue weighted by atomic mass is 10.0. The zero-order valence-electron chi connectivity index (χ0n) is 32.1. The lowest BCUT2D eigenvalue weighted by Crippen LogP contribution is -2.35. The van der Waals surface area contributed by atoms with Gasteiger partial charge in [-0.2, -0.15) is 0 Å². The van der Waals surface area contributed by atoms with Crippen molar-refractivity contribution in [3.8, 4) is 56.6 Å². The van der Waals surface area contributed by atoms with E-state index in [4.69, 9.17) is 9.47 Å². The first-order valence-electron chi connectivity index (χ1n) is 20.2. The monoisotopic (exact) mass is 788 g/mol. The van der Waals surface area contributed by atoms with Gasteiger partial charge in [-0.25, -0.2) is 0 Å². The van der Waals surface area contributed by atoms with E-state index in [9.17, 15) is 0 Å². The van der Waals surface area contributed by atoms with Crippen LogP contribution in [0.4, 0.5) is 0 Å². The van der Waals surface area contributed by atoms with Gasteiger partial charge in [0.2, 0.25) is 0 Å². The first-order valence-corrected chi connectivity index (χ1v) is 21.9. The maximum absolute atomic E-state index is 15.9. The quantitative estimate of drug-likeness (QED) is 0.167. The van der Waals surface area contributed by atoms with Crippen molar-refractivity contribution in [3.63, 3.8) is 0 Å². The second-order valence-electron chi connectivity index (χ2n) is 15.6. The van der Waals surface area contributed by atoms with Gasteiger partial charge in [0.15, 0.2) is 7.14 Å². The van der Waals surface area contributed by atoms with Gasteiger partial charge in [0.05, 0.1) is 32.7 Å². The van der Waals surface area contributed by atoms with E-state index in [-0.39, 0.29) is 0 Å². The SMILES string of the molecule is O=P12c3ccc(-c4ccc(-n5c6ccccc6c6ccccc65)cc4)cc3Oc3cccc(c31)Oc1cc(-c3ccc(-n4c5ccccc5c5ccccc54)cc3)ccc12. The fraction of sp³-hybridized carbons (Fsp3) is 0. The molecule has 0 saturated heterocycles. The third kappa shape index (κ3) is 4.67. The lowest BCUT2D eigenvalue weighted by Gasteiger charge is -2.34. The fourth-order valence-corrected chi connectivity index (χ4v) is 12.7. The van der Waals surface area contributed by atoms with Gasteiger partial charge in [0.25, 0.3) is 0 Å². The van der Waals surface area contributed by atoms with Crippen molar-refractivity contribution in [1.29, 1.82) is 0 Å². The second kappa shape index (κ2) is 12.5. The first kappa shape index (κ1) is 33.4. The second-order valence-corrected chi connectivity index (χ2v) is 18.2. The van der Waals surface area contributed by atoms with Crippen LogP contribution in [0.3, 0.4) is 0 Å². The summed E-state index contributed by atoms with van der Waals surface area (Å²) in [6.07, 6.45) is 0. The summed E-state index contributed by atoms with van der Waals surface area (Å²) in [5.41, 5.74) is 10.9. The number of ether oxygens (including phenoxy) is 2. The largest absolute Gasteiger partial charge is 0.456 e. The predicted molar refractivity (Wildman–Crippen MR) is 246 cm³/mol. The highest BCUT2D eigenvalue weighted by Gasteiger charge is 2.46. The molecule has 0 fully saturated rings. The van der Waals surface area contributed by atoms with Crippen molar-refractivity contribution < 1.29 is 14.0 Å². The molecule has 0 N–H and O–H groups in total. The van der Waals surface area contributed by atoms with Gasteiger partial charge in [-0.05, 0) is 107 Å². The average molecular weight is 789 g/mol. The van der Waals surface area contributed by atoms with Gasteiger partial charge in [-0.15, -0.1) is 0 Å². The Balaban J connectivity index is 0.864. The predicted octanol–water partition coefficient (Wildman–Crippen LogP) is 13.1. The normalized spacial score (nSPS) is 13.5. The van der Waals surface area contributed by atoms with Crippen LogP contribution in [0.25, 0.3) is 77.2 Å². The van der Waals surface area contributed by atoms with Crippen LogP contribution in [-0.2, 0) is 4.57 Å². The van der Waals surface area contributed by atoms with Crippen LogP contribution in [0, 0.1) is 0 Å². The topological polar surface area (TPSA) is 45.4 Å². The Bertz CT molecular complexity index is 3300. The number of rotatable bonds is 4. The van der Waals surface area contributed by atoms with Crippen LogP contribution in [0.2, 0.25) is 0 Å². The third-order valence-corrected chi connectivity index (χ3v) is 15.6. The van der Waals surface area contributed by atoms with Crippen molar-refractivity contribution in [1.82, 2.24) is 9.13 Å². The minimum Gasteiger partial charge on any atom is -0.456 e. The zero-order chi connectivity index (χ0) is 39.5. The summed E-state index contributed by atoms with van der Waals surface area (Å²) in [5, 5.41) is 6.92. The molecule has 0 bridgehead atoms. The maximum atomic E-state index is 15.9. The fourth-order valence-electron chi connectivity index (χ4n) is 9.66. The summed E-state index contributed by atoms with van der Waals surface area (Å²) in [7, 11) is -3.37. The Hall–Kier alpha value is -7.59. The Morgan fingerprint density at radius 2 is 0.683 bits per heavy atom. The molecule has 60 heavy (non-hydrogen) atoms. The summed E-state index contributed by atoms with van der Waals surface area (Å²) in [6, 6.07) is 69.3. The first-order chi connectivity index (χ1) is 29.6. The van der Waals surface area contributed by atoms with E-state index in [2.05, 4.69) is 167 Å². The summed E-state index contributed by atoms with van der Waals surface area (Å²) in [6.45, 7) is 0. The van der Waals surface area contributed by atoms with E-state index in [1.807, 2.05) is 42.5 Å². The van der Waals surface area contributed by atoms with E-state index in [0.717, 1.165) is 33.6 Å². The molecule has 2 aliphatic rings. The van der Waals surface area contributed by atoms with Crippen LogP contribution in [-0.4, -0.2) is 9.13 Å². The van der Waals surface area contributed by atoms with Crippen molar-refractivity contribution >= 4 is 66.7 Å². The van der Waals surface area contributed by atoms with E-state index < -0.39 is 7.14 Å². The van der Waals surface area contributed by atoms with Crippen LogP contribution in [0.1, 0.15) is 0 Å². The molecule has 0 amide bonds. The molecule has 0 atom stereocenters. The molecule has 0 spiro atoms. The van der Waals surface area contributed by atoms with Crippen molar-refractivity contribution in [2.45, 2.75) is 0 Å². The van der Waals surface area contributed by atoms with E-state index in [0.29, 0.717) is 38.9 Å². The zero-order valence-corrected chi connectivity index (χ0v) is 33.0. The maximum Gasteiger partial charge on any atom is 0.185 e. The molecule has 0 radical (unpaired) electrons. The summed E-state index contributed by atoms with van der Waals surface area (Å²) >= 11 is 0. The van der Waals surface area contributed by atoms with Gasteiger partial charge in [-0.3, -0.25) is 0 Å². The third-order valence-electron chi connectivity index (χ3n) is 12.4. The lowest BCUT2D eigenvalue weighted by molar-refractivity contribution is 0.462. The average Bonchev–Trinajstić information content (AvgIpc) is 3.82. The molecule has 5 nitrogen and oxygen atoms in total. The minimum absolute atomic E-state index is 0.567. The molecule has 282 valence electrons. The van der Waals surface area contributed by atoms with Crippen LogP contribution >= 0.6 is 7.14 Å². The molecule has 13 rings (SSSR count). The van der Waals surface area contributed by atoms with Crippen LogP contribution < -0.4 is 25.4 Å². The summed E-state index contributed by atoms with van der Waals surface area (Å²) in [5.74, 6) is 2.34. The molecule has 2 aliphatic heterocycles. The molecular weight excluding hydrogens is 756 g/mol. The van der Waals surface area contributed by atoms with Gasteiger partial charge in [0, 0.05) is 32.9 Å². The molecule has 2 aromatic heterocycles. The number of hydrogen-bond donors (Lipinski definition) is 0. The number of hydrogen-bond acceptors (Lipinski definition) is 3. The molecular formula is C54H33N2O3P. The Labute approximate surface area is 345 Å². The highest BCUT2D eigenvalue weighted by Crippen LogP contribution is 2.59. The van der Waals surface area contributed by atoms with E-state index >= 15 is 4.57 Å². The molecule has 0 unspecified atom stereocenters. The molecule has 9 aromatic carbocycles. The van der Waals surface area contributed by atoms with Crippen molar-refractivity contribution in [3.05, 3.63) is 200 Å². The van der Waals surface area contributed by atoms with Gasteiger partial charge >= 0.3 is 0 Å². The number of fused-ring (bicyclic) bond motifs is 10. The standard InChI is InChI=1S/C54H33N2O3P/c57-60-52-30-24-36(34-20-26-38(27-21-34)55-44-14-5-1-10-40(44)41-11-2-6-15-45(41)55)32-50(52)58-48-18-9-19-49(54(48)60)59-51-33-37(25-31-53(51)60)35-22-28-39(29-23-35)56-46-16-7-3-12-42(46)43-13-4-8-17-47(43)56/h1-33H. The number of benzene rings is 9. The molecule has 4 heterocycles. The van der Waals surface area contributed by atoms with Gasteiger partial charge < -0.3 is 23.2 Å². The molecule has 6 heteroatoms. The Morgan fingerprint density at radius 3 is 1.07 bits per heavy atom. The highest BCUT2D eigenvalue weighted by molar-refractivity contribution is 7.86. The Morgan fingerprint density at radius 1 is 0.333 bits per heavy atom. The highest BCUT2D eigenvalue weighted by atomic mass is 31.2. The van der Waals surface area contributed by atoms with Crippen molar-refractivity contribution in [2.24, 2.45) is 0 Å². The smallest absolute Gasteiger partial charge is 0.185 e. The number of aromatic nitrogens is 2. The van der Waals surface area contributed by atoms with Gasteiger partial charge in [0.1, 0.15) is 28.3 Å². The number of nitrogens with zero attached hydrogens (tertiary/aromatic N) is 2. The summed E-state index contributed by atoms with van der Waals surface area (Å²) in [4.78, 5) is 0. The van der Waals surface area contributed by atoms with E-state index in [1.165, 1.54) is 43.6 Å². The Kier molecular flexibility index (Phi) is 6.93. The minimum atomic E-state index is -3.37. The van der Waals surface area contributed by atoms with E-state index in [1.54, 1.807) is 0 Å². The van der Waals surface area contributed by atoms with Crippen molar-refractivity contribution in [2.75, 3.05) is 0 Å². The van der Waals surface area contributed by atoms with Crippen LogP contribution in [0.15, 0.2) is 200 Å². The molecule has 11 aromatic rings. The summed E-state index contributed by atoms with van der Waals surface area (Å²) < 4.78 is 33.6. The van der Waals surface area contributed by atoms with Gasteiger partial charge in [-0.1, -0.05) is 115 Å². The van der Waals surface area contributed by atoms with Crippen LogP contribution in [0.5, 0.6) is 23.0 Å².